The Bertz CT molecular complexity index is 1020. The Morgan fingerprint density at radius 2 is 0.500 bits per heavy atom. The highest BCUT2D eigenvalue weighted by Crippen LogP contribution is 2.22. The summed E-state index contributed by atoms with van der Waals surface area (Å²) < 4.78 is 0. The number of carboxylic acid groups (broad SMARTS) is 4. The highest BCUT2D eigenvalue weighted by atomic mass is 16.4. The Kier molecular flexibility index (Phi) is 38.3. The first-order valence-electron chi connectivity index (χ1n) is 19.6. The molecular weight excluding hydrogens is 728 g/mol. The van der Waals surface area contributed by atoms with Gasteiger partial charge in [-0.2, -0.15) is 0 Å². The fourth-order valence-corrected chi connectivity index (χ4v) is 4.86. The third-order valence-electron chi connectivity index (χ3n) is 10.5. The van der Waals surface area contributed by atoms with Crippen LogP contribution in [-0.2, 0) is 38.4 Å². The molecule has 0 bridgehead atoms. The van der Waals surface area contributed by atoms with Gasteiger partial charge in [0, 0.05) is 25.7 Å². The van der Waals surface area contributed by atoms with E-state index in [1.807, 2.05) is 0 Å². The van der Waals surface area contributed by atoms with Gasteiger partial charge >= 0.3 is 23.9 Å². The zero-order valence-electron chi connectivity index (χ0n) is 36.2. The second-order valence-corrected chi connectivity index (χ2v) is 15.2. The molecule has 10 unspecified atom stereocenters. The summed E-state index contributed by atoms with van der Waals surface area (Å²) in [7, 11) is 0. The van der Waals surface area contributed by atoms with Gasteiger partial charge in [0.15, 0.2) is 0 Å². The molecule has 0 aliphatic carbocycles. The fourth-order valence-electron chi connectivity index (χ4n) is 4.86. The van der Waals surface area contributed by atoms with E-state index >= 15 is 0 Å². The van der Waals surface area contributed by atoms with E-state index in [4.69, 9.17) is 43.4 Å². The maximum atomic E-state index is 10.6. The standard InChI is InChI=1S/4C8H17NO.C8H10O8/c4*1-4-6(2)7(3)5-8(9)10;9-5(10)1-3(7(13)14)4(8(15)16)2-6(11)12/h4*6-7H,4-5H2,1-3H3,(H2,9,10);3-4H,1-2H2,(H,9,10)(H,11,12)(H,13,14)(H,15,16). The summed E-state index contributed by atoms with van der Waals surface area (Å²) in [6, 6.07) is 0. The predicted molar refractivity (Wildman–Crippen MR) is 216 cm³/mol. The SMILES string of the molecule is CCC(C)C(C)CC(N)=O.CCC(C)C(C)CC(N)=O.CCC(C)C(C)CC(N)=O.CCC(C)C(C)CC(N)=O.O=C(O)CC(C(=O)O)C(CC(=O)O)C(=O)O. The third kappa shape index (κ3) is 38.1. The minimum absolute atomic E-state index is 0.187. The molecule has 0 fully saturated rings. The molecule has 0 aromatic rings. The van der Waals surface area contributed by atoms with Crippen LogP contribution in [-0.4, -0.2) is 67.9 Å². The van der Waals surface area contributed by atoms with Crippen molar-refractivity contribution in [1.82, 2.24) is 0 Å². The van der Waals surface area contributed by atoms with Gasteiger partial charge in [0.25, 0.3) is 0 Å². The molecular formula is C40H78N4O12. The highest BCUT2D eigenvalue weighted by Gasteiger charge is 2.37. The molecule has 56 heavy (non-hydrogen) atoms. The number of amides is 4. The summed E-state index contributed by atoms with van der Waals surface area (Å²) in [6.45, 7) is 25.4. The number of carboxylic acids is 4. The maximum Gasteiger partial charge on any atom is 0.307 e. The van der Waals surface area contributed by atoms with Gasteiger partial charge in [-0.3, -0.25) is 38.4 Å². The number of rotatable bonds is 23. The van der Waals surface area contributed by atoms with Gasteiger partial charge in [0.05, 0.1) is 24.7 Å². The molecule has 0 saturated carbocycles. The lowest BCUT2D eigenvalue weighted by Crippen LogP contribution is -2.33. The van der Waals surface area contributed by atoms with Gasteiger partial charge in [-0.15, -0.1) is 0 Å². The minimum Gasteiger partial charge on any atom is -0.481 e. The number of hydrogen-bond donors (Lipinski definition) is 8. The Labute approximate surface area is 335 Å². The molecule has 10 atom stereocenters. The van der Waals surface area contributed by atoms with Gasteiger partial charge in [0.2, 0.25) is 23.6 Å². The number of aliphatic carboxylic acids is 4. The third-order valence-corrected chi connectivity index (χ3v) is 10.5. The van der Waals surface area contributed by atoms with Crippen LogP contribution >= 0.6 is 0 Å². The molecule has 0 aromatic carbocycles. The van der Waals surface area contributed by atoms with Crippen LogP contribution in [0.3, 0.4) is 0 Å². The van der Waals surface area contributed by atoms with Gasteiger partial charge in [-0.05, 0) is 47.3 Å². The van der Waals surface area contributed by atoms with Crippen LogP contribution in [0.5, 0.6) is 0 Å². The van der Waals surface area contributed by atoms with E-state index in [0.717, 1.165) is 25.7 Å². The zero-order valence-corrected chi connectivity index (χ0v) is 36.2. The van der Waals surface area contributed by atoms with Crippen LogP contribution in [0, 0.1) is 59.2 Å². The molecule has 0 rings (SSSR count). The molecule has 0 aromatic heterocycles. The quantitative estimate of drug-likeness (QED) is 0.0633. The molecule has 0 heterocycles. The molecule has 330 valence electrons. The summed E-state index contributed by atoms with van der Waals surface area (Å²) >= 11 is 0. The van der Waals surface area contributed by atoms with Crippen LogP contribution in [0.2, 0.25) is 0 Å². The lowest BCUT2D eigenvalue weighted by atomic mass is 9.87. The first-order valence-corrected chi connectivity index (χ1v) is 19.6. The van der Waals surface area contributed by atoms with Crippen LogP contribution < -0.4 is 22.9 Å². The Morgan fingerprint density at radius 3 is 0.589 bits per heavy atom. The van der Waals surface area contributed by atoms with Crippen molar-refractivity contribution in [3.63, 3.8) is 0 Å². The molecule has 0 radical (unpaired) electrons. The average Bonchev–Trinajstić information content (AvgIpc) is 3.07. The normalized spacial score (nSPS) is 15.6. The average molecular weight is 807 g/mol. The number of carbonyl (C=O) groups excluding carboxylic acids is 4. The summed E-state index contributed by atoms with van der Waals surface area (Å²) in [5, 5.41) is 34.1. The lowest BCUT2D eigenvalue weighted by molar-refractivity contribution is -0.160. The number of nitrogens with two attached hydrogens (primary N) is 4. The molecule has 16 heteroatoms. The number of primary amides is 4. The van der Waals surface area contributed by atoms with Crippen molar-refractivity contribution in [2.75, 3.05) is 0 Å². The van der Waals surface area contributed by atoms with E-state index in [0.29, 0.717) is 73.0 Å². The number of carbonyl (C=O) groups is 8. The van der Waals surface area contributed by atoms with Crippen molar-refractivity contribution in [1.29, 1.82) is 0 Å². The van der Waals surface area contributed by atoms with E-state index in [9.17, 15) is 38.4 Å². The Morgan fingerprint density at radius 1 is 0.339 bits per heavy atom. The van der Waals surface area contributed by atoms with E-state index in [2.05, 4.69) is 83.1 Å². The Hall–Kier alpha value is -4.24. The van der Waals surface area contributed by atoms with E-state index in [1.54, 1.807) is 0 Å². The predicted octanol–water partition coefficient (Wildman–Crippen LogP) is 5.51. The van der Waals surface area contributed by atoms with Crippen molar-refractivity contribution in [3.8, 4) is 0 Å². The number of hydrogen-bond acceptors (Lipinski definition) is 8. The molecule has 12 N–H and O–H groups in total. The topological polar surface area (TPSA) is 322 Å². The van der Waals surface area contributed by atoms with Gasteiger partial charge in [-0.25, -0.2) is 0 Å². The van der Waals surface area contributed by atoms with Gasteiger partial charge in [-0.1, -0.05) is 109 Å². The second kappa shape index (κ2) is 35.2. The van der Waals surface area contributed by atoms with E-state index < -0.39 is 48.6 Å². The van der Waals surface area contributed by atoms with Crippen LogP contribution in [0.25, 0.3) is 0 Å². The molecule has 0 saturated heterocycles. The van der Waals surface area contributed by atoms with Crippen molar-refractivity contribution in [3.05, 3.63) is 0 Å². The van der Waals surface area contributed by atoms with Crippen LogP contribution in [0.1, 0.15) is 147 Å². The Balaban J connectivity index is -0.000000197. The van der Waals surface area contributed by atoms with Crippen LogP contribution in [0.15, 0.2) is 0 Å². The molecule has 4 amide bonds. The second-order valence-electron chi connectivity index (χ2n) is 15.2. The molecule has 16 nitrogen and oxygen atoms in total. The van der Waals surface area contributed by atoms with E-state index in [1.165, 1.54) is 0 Å². The molecule has 0 aliphatic heterocycles. The first kappa shape index (κ1) is 61.0. The molecule has 0 spiro atoms. The summed E-state index contributed by atoms with van der Waals surface area (Å²) in [5.74, 6) is -6.39. The van der Waals surface area contributed by atoms with Crippen molar-refractivity contribution in [2.24, 2.45) is 82.1 Å². The first-order chi connectivity index (χ1) is 25.6. The maximum absolute atomic E-state index is 10.6. The smallest absolute Gasteiger partial charge is 0.307 e. The monoisotopic (exact) mass is 807 g/mol. The van der Waals surface area contributed by atoms with Crippen molar-refractivity contribution >= 4 is 47.5 Å². The lowest BCUT2D eigenvalue weighted by Gasteiger charge is -2.16. The fraction of sp³-hybridized carbons (Fsp3) is 0.800. The van der Waals surface area contributed by atoms with Crippen LogP contribution in [0.4, 0.5) is 0 Å². The van der Waals surface area contributed by atoms with Gasteiger partial charge < -0.3 is 43.4 Å². The molecule has 0 aliphatic rings. The largest absolute Gasteiger partial charge is 0.481 e. The van der Waals surface area contributed by atoms with E-state index in [-0.39, 0.29) is 23.6 Å². The minimum atomic E-state index is -1.76. The zero-order chi connectivity index (χ0) is 45.5. The highest BCUT2D eigenvalue weighted by molar-refractivity contribution is 5.86. The summed E-state index contributed by atoms with van der Waals surface area (Å²) in [5.41, 5.74) is 20.2. The summed E-state index contributed by atoms with van der Waals surface area (Å²) in [4.78, 5) is 83.7. The summed E-state index contributed by atoms with van der Waals surface area (Å²) in [6.07, 6.45) is 4.71. The van der Waals surface area contributed by atoms with Crippen molar-refractivity contribution < 1.29 is 58.8 Å². The van der Waals surface area contributed by atoms with Gasteiger partial charge in [0.1, 0.15) is 0 Å². The van der Waals surface area contributed by atoms with Crippen molar-refractivity contribution in [2.45, 2.75) is 147 Å².